The summed E-state index contributed by atoms with van der Waals surface area (Å²) in [6, 6.07) is 21.2. The van der Waals surface area contributed by atoms with E-state index in [1.165, 1.54) is 27.8 Å². The number of allylic oxidation sites excluding steroid dienone is 2. The van der Waals surface area contributed by atoms with Crippen LogP contribution in [-0.2, 0) is 24.9 Å². The molecule has 0 amide bonds. The number of hydrogen-bond donors (Lipinski definition) is 1. The van der Waals surface area contributed by atoms with Crippen LogP contribution in [0.25, 0.3) is 42.3 Å². The minimum absolute atomic E-state index is 0. The Morgan fingerprint density at radius 1 is 0.868 bits per heavy atom. The number of hydrogen-bond acceptors (Lipinski definition) is 5. The maximum absolute atomic E-state index is 12.3. The third-order valence-corrected chi connectivity index (χ3v) is 14.0. The normalized spacial score (nSPS) is 15.5. The number of carbonyl (C=O) groups excluding carboxylic acids is 1. The standard InChI is InChI=1S/C29H29N2SSi.C17H32O2.Ir/c1-33(2,3)26-17-22(15-21-11-7-8-12-23(21)26)27-29-28(31-18-30-27)24-14-13-20(16-25(24)32-29)19-9-5-4-6-10-19;1-10(2)16(11(3)4)14(18)9-15(19)17(12(5)6)13(7)8;/h7-8,11-14,16-19H,4-6,9-10H2,1-3H3;9-13,16-18H,1-8H3;/q-1;;/b;14-9-;/i19D;;. The fraction of sp³-hybridized carbons (Fsp3) is 0.500. The van der Waals surface area contributed by atoms with E-state index in [1.807, 2.05) is 0 Å². The number of benzene rings is 3. The molecule has 0 spiro atoms. The van der Waals surface area contributed by atoms with Gasteiger partial charge in [-0.05, 0) is 54.0 Å². The van der Waals surface area contributed by atoms with Gasteiger partial charge in [0.05, 0.1) is 19.3 Å². The van der Waals surface area contributed by atoms with Gasteiger partial charge in [0.2, 0.25) is 0 Å². The average molecular weight is 927 g/mol. The molecule has 0 bridgehead atoms. The quantitative estimate of drug-likeness (QED) is 0.0656. The number of aliphatic hydroxyl groups excluding tert-OH is 1. The fourth-order valence-corrected chi connectivity index (χ4v) is 11.3. The Bertz CT molecular complexity index is 2080. The van der Waals surface area contributed by atoms with E-state index in [0.29, 0.717) is 23.7 Å². The molecule has 7 heteroatoms. The van der Waals surface area contributed by atoms with Gasteiger partial charge < -0.3 is 5.11 Å². The minimum Gasteiger partial charge on any atom is -0.512 e. The van der Waals surface area contributed by atoms with Crippen molar-refractivity contribution >= 4 is 61.5 Å². The van der Waals surface area contributed by atoms with Crippen molar-refractivity contribution in [2.45, 2.75) is 113 Å². The van der Waals surface area contributed by atoms with Crippen LogP contribution in [-0.4, -0.2) is 28.9 Å². The molecule has 5 aromatic rings. The summed E-state index contributed by atoms with van der Waals surface area (Å²) in [6.45, 7) is 23.8. The van der Waals surface area contributed by atoms with Crippen molar-refractivity contribution in [3.63, 3.8) is 0 Å². The van der Waals surface area contributed by atoms with Crippen LogP contribution in [0.3, 0.4) is 0 Å². The van der Waals surface area contributed by atoms with E-state index in [4.69, 9.17) is 11.3 Å². The number of thiophene rings is 1. The Morgan fingerprint density at radius 3 is 2.09 bits per heavy atom. The molecule has 287 valence electrons. The molecular formula is C46H61IrN2O2SSi-. The van der Waals surface area contributed by atoms with Crippen LogP contribution in [0.4, 0.5) is 0 Å². The van der Waals surface area contributed by atoms with E-state index in [1.54, 1.807) is 17.7 Å². The maximum atomic E-state index is 12.3. The second-order valence-electron chi connectivity index (χ2n) is 17.3. The summed E-state index contributed by atoms with van der Waals surface area (Å²) in [4.78, 5) is 21.8. The molecule has 1 fully saturated rings. The Kier molecular flexibility index (Phi) is 14.3. The first-order chi connectivity index (χ1) is 24.9. The first kappa shape index (κ1) is 41.5. The molecule has 0 saturated heterocycles. The SMILES string of the molecule is CC(C)C(C(=O)/C=C(\O)C(C(C)C)C(C)C)C(C)C.[2H]C1(c2ccc3c(c2)sc2c(-c4[c-]c5ccccc5c([Si](C)(C)C)c4)ncnc23)CCCCC1.[Ir]. The number of ketones is 1. The van der Waals surface area contributed by atoms with Gasteiger partial charge in [0.25, 0.3) is 0 Å². The van der Waals surface area contributed by atoms with Gasteiger partial charge in [0.15, 0.2) is 5.78 Å². The molecule has 1 radical (unpaired) electrons. The molecule has 3 aromatic carbocycles. The molecule has 4 nitrogen and oxygen atoms in total. The zero-order valence-electron chi connectivity index (χ0n) is 34.8. The Balaban J connectivity index is 0.000000281. The van der Waals surface area contributed by atoms with E-state index in [9.17, 15) is 9.90 Å². The summed E-state index contributed by atoms with van der Waals surface area (Å²) in [7, 11) is -1.58. The van der Waals surface area contributed by atoms with Gasteiger partial charge in [-0.3, -0.25) is 9.78 Å². The van der Waals surface area contributed by atoms with Crippen LogP contribution in [0.15, 0.2) is 66.7 Å². The van der Waals surface area contributed by atoms with Crippen LogP contribution < -0.4 is 5.19 Å². The predicted molar refractivity (Wildman–Crippen MR) is 228 cm³/mol. The van der Waals surface area contributed by atoms with E-state index in [2.05, 4.69) is 130 Å². The molecule has 53 heavy (non-hydrogen) atoms. The Morgan fingerprint density at radius 2 is 1.49 bits per heavy atom. The molecule has 1 saturated carbocycles. The summed E-state index contributed by atoms with van der Waals surface area (Å²) in [5.74, 6) is 1.18. The first-order valence-corrected chi connectivity index (χ1v) is 23.8. The smallest absolute Gasteiger partial charge is 0.162 e. The molecular weight excluding hydrogens is 865 g/mol. The summed E-state index contributed by atoms with van der Waals surface area (Å²) in [5.41, 5.74) is 4.19. The number of rotatable bonds is 10. The summed E-state index contributed by atoms with van der Waals surface area (Å²) in [5, 5.41) is 15.3. The van der Waals surface area contributed by atoms with Crippen molar-refractivity contribution in [2.24, 2.45) is 35.5 Å². The van der Waals surface area contributed by atoms with Gasteiger partial charge in [0.1, 0.15) is 6.33 Å². The third kappa shape index (κ3) is 9.95. The van der Waals surface area contributed by atoms with E-state index in [0.717, 1.165) is 63.5 Å². The minimum atomic E-state index is -1.58. The molecule has 2 heterocycles. The van der Waals surface area contributed by atoms with Gasteiger partial charge >= 0.3 is 0 Å². The third-order valence-electron chi connectivity index (χ3n) is 10.8. The van der Waals surface area contributed by atoms with Crippen molar-refractivity contribution in [3.8, 4) is 11.3 Å². The Labute approximate surface area is 339 Å². The van der Waals surface area contributed by atoms with Crippen LogP contribution in [0.5, 0.6) is 0 Å². The molecule has 2 aromatic heterocycles. The number of aliphatic hydroxyl groups is 1. The van der Waals surface area contributed by atoms with E-state index in [-0.39, 0.29) is 43.5 Å². The number of fused-ring (bicyclic) bond motifs is 4. The maximum Gasteiger partial charge on any atom is 0.162 e. The molecule has 1 aliphatic rings. The molecule has 0 aliphatic heterocycles. The van der Waals surface area contributed by atoms with E-state index >= 15 is 0 Å². The zero-order chi connectivity index (χ0) is 38.8. The number of carbonyl (C=O) groups is 1. The van der Waals surface area contributed by atoms with Crippen LogP contribution in [0, 0.1) is 41.6 Å². The summed E-state index contributed by atoms with van der Waals surface area (Å²) in [6.07, 6.45) is 8.66. The first-order valence-electron chi connectivity index (χ1n) is 20.0. The van der Waals surface area contributed by atoms with Crippen molar-refractivity contribution in [1.82, 2.24) is 9.97 Å². The van der Waals surface area contributed by atoms with Crippen molar-refractivity contribution in [1.29, 1.82) is 0 Å². The van der Waals surface area contributed by atoms with Crippen molar-refractivity contribution < 1.29 is 31.4 Å². The molecule has 6 rings (SSSR count). The Hall–Kier alpha value is -2.70. The van der Waals surface area contributed by atoms with Crippen LogP contribution >= 0.6 is 11.3 Å². The second kappa shape index (κ2) is 18.3. The summed E-state index contributed by atoms with van der Waals surface area (Å²) < 4.78 is 11.4. The topological polar surface area (TPSA) is 63.1 Å². The molecule has 0 unspecified atom stereocenters. The van der Waals surface area contributed by atoms with Gasteiger partial charge in [-0.25, -0.2) is 4.98 Å². The largest absolute Gasteiger partial charge is 0.512 e. The number of nitrogens with zero attached hydrogens (tertiary/aromatic N) is 2. The summed E-state index contributed by atoms with van der Waals surface area (Å²) >= 11 is 1.76. The second-order valence-corrected chi connectivity index (χ2v) is 23.4. The van der Waals surface area contributed by atoms with Crippen molar-refractivity contribution in [3.05, 3.63) is 78.3 Å². The van der Waals surface area contributed by atoms with Gasteiger partial charge in [-0.15, -0.1) is 40.1 Å². The van der Waals surface area contributed by atoms with E-state index < -0.39 is 14.0 Å². The van der Waals surface area contributed by atoms with Gasteiger partial charge in [0, 0.05) is 59.9 Å². The zero-order valence-corrected chi connectivity index (χ0v) is 38.0. The predicted octanol–water partition coefficient (Wildman–Crippen LogP) is 12.9. The molecule has 0 atom stereocenters. The van der Waals surface area contributed by atoms with Gasteiger partial charge in [-0.2, -0.15) is 0 Å². The average Bonchev–Trinajstić information content (AvgIpc) is 3.45. The van der Waals surface area contributed by atoms with Crippen LogP contribution in [0.2, 0.25) is 19.6 Å². The molecule has 1 aliphatic carbocycles. The fourth-order valence-electron chi connectivity index (χ4n) is 8.45. The monoisotopic (exact) mass is 927 g/mol. The van der Waals surface area contributed by atoms with Gasteiger partial charge in [-0.1, -0.05) is 136 Å². The van der Waals surface area contributed by atoms with Crippen LogP contribution in [0.1, 0.15) is 100 Å². The number of aromatic nitrogens is 2. The van der Waals surface area contributed by atoms with Crippen molar-refractivity contribution in [2.75, 3.05) is 0 Å². The molecule has 1 N–H and O–H groups in total.